The summed E-state index contributed by atoms with van der Waals surface area (Å²) in [6, 6.07) is 7.57. The van der Waals surface area contributed by atoms with Gasteiger partial charge in [0.15, 0.2) is 9.84 Å². The molecule has 0 amide bonds. The highest BCUT2D eigenvalue weighted by Crippen LogP contribution is 2.59. The molecule has 3 aliphatic rings. The number of rotatable bonds is 7. The molecule has 0 bridgehead atoms. The first kappa shape index (κ1) is 21.2. The lowest BCUT2D eigenvalue weighted by molar-refractivity contribution is 0.104. The standard InChI is InChI=1S/C26H38O2S/c1-3-4-5-7-10-21-17-22-18-26(15-8-6-9-16-26)19-24(25(21)22)29(27,28)23-13-11-20(2)12-14-23/h11-14,22,24H,3-10,15-19H2,1-2H3. The van der Waals surface area contributed by atoms with Crippen molar-refractivity contribution in [2.75, 3.05) is 0 Å². The van der Waals surface area contributed by atoms with Crippen LogP contribution in [0.3, 0.4) is 0 Å². The molecule has 1 aromatic carbocycles. The summed E-state index contributed by atoms with van der Waals surface area (Å²) in [4.78, 5) is 0.532. The Kier molecular flexibility index (Phi) is 6.25. The van der Waals surface area contributed by atoms with E-state index in [9.17, 15) is 8.42 Å². The summed E-state index contributed by atoms with van der Waals surface area (Å²) >= 11 is 0. The van der Waals surface area contributed by atoms with Crippen LogP contribution in [0.4, 0.5) is 0 Å². The van der Waals surface area contributed by atoms with Gasteiger partial charge >= 0.3 is 0 Å². The number of benzene rings is 1. The van der Waals surface area contributed by atoms with E-state index in [1.165, 1.54) is 81.8 Å². The highest BCUT2D eigenvalue weighted by molar-refractivity contribution is 7.92. The van der Waals surface area contributed by atoms with Crippen LogP contribution in [-0.4, -0.2) is 13.7 Å². The van der Waals surface area contributed by atoms with Crippen molar-refractivity contribution in [1.82, 2.24) is 0 Å². The van der Waals surface area contributed by atoms with Crippen LogP contribution in [0.15, 0.2) is 40.3 Å². The quantitative estimate of drug-likeness (QED) is 0.350. The fourth-order valence-electron chi connectivity index (χ4n) is 6.36. The summed E-state index contributed by atoms with van der Waals surface area (Å²) in [7, 11) is -3.31. The maximum absolute atomic E-state index is 13.8. The smallest absolute Gasteiger partial charge is 0.185 e. The van der Waals surface area contributed by atoms with E-state index in [2.05, 4.69) is 6.92 Å². The molecule has 0 aromatic heterocycles. The molecule has 2 atom stereocenters. The Hall–Kier alpha value is -1.09. The molecule has 1 aromatic rings. The van der Waals surface area contributed by atoms with Crippen LogP contribution in [0.2, 0.25) is 0 Å². The summed E-state index contributed by atoms with van der Waals surface area (Å²) < 4.78 is 27.6. The molecule has 3 aliphatic carbocycles. The number of allylic oxidation sites excluding steroid dienone is 1. The fourth-order valence-corrected chi connectivity index (χ4v) is 8.47. The van der Waals surface area contributed by atoms with Crippen molar-refractivity contribution in [2.24, 2.45) is 11.3 Å². The van der Waals surface area contributed by atoms with Crippen LogP contribution in [0.25, 0.3) is 0 Å². The number of hydrogen-bond acceptors (Lipinski definition) is 2. The zero-order chi connectivity index (χ0) is 20.5. The number of unbranched alkanes of at least 4 members (excludes halogenated alkanes) is 3. The highest BCUT2D eigenvalue weighted by Gasteiger charge is 2.51. The molecule has 0 aliphatic heterocycles. The van der Waals surface area contributed by atoms with Gasteiger partial charge in [-0.2, -0.15) is 0 Å². The molecular weight excluding hydrogens is 376 g/mol. The molecule has 3 heteroatoms. The van der Waals surface area contributed by atoms with E-state index in [1.54, 1.807) is 0 Å². The summed E-state index contributed by atoms with van der Waals surface area (Å²) in [5.41, 5.74) is 4.24. The Balaban J connectivity index is 1.64. The van der Waals surface area contributed by atoms with Crippen LogP contribution >= 0.6 is 0 Å². The Morgan fingerprint density at radius 1 is 0.966 bits per heavy atom. The average molecular weight is 415 g/mol. The van der Waals surface area contributed by atoms with Crippen LogP contribution in [0, 0.1) is 18.3 Å². The maximum Gasteiger partial charge on any atom is 0.185 e. The van der Waals surface area contributed by atoms with Crippen molar-refractivity contribution in [2.45, 2.75) is 107 Å². The van der Waals surface area contributed by atoms with E-state index in [0.717, 1.165) is 18.4 Å². The summed E-state index contributed by atoms with van der Waals surface area (Å²) in [6.45, 7) is 4.27. The third-order valence-electron chi connectivity index (χ3n) is 7.96. The molecule has 0 saturated heterocycles. The van der Waals surface area contributed by atoms with E-state index in [-0.39, 0.29) is 10.7 Å². The lowest BCUT2D eigenvalue weighted by Gasteiger charge is -2.52. The van der Waals surface area contributed by atoms with Gasteiger partial charge in [-0.15, -0.1) is 0 Å². The predicted molar refractivity (Wildman–Crippen MR) is 121 cm³/mol. The normalized spacial score (nSPS) is 26.3. The molecule has 0 radical (unpaired) electrons. The zero-order valence-electron chi connectivity index (χ0n) is 18.4. The van der Waals surface area contributed by atoms with E-state index in [4.69, 9.17) is 0 Å². The lowest BCUT2D eigenvalue weighted by Crippen LogP contribution is -2.46. The second-order valence-electron chi connectivity index (χ2n) is 10.1. The van der Waals surface area contributed by atoms with Crippen molar-refractivity contribution in [1.29, 1.82) is 0 Å². The van der Waals surface area contributed by atoms with Crippen LogP contribution in [0.1, 0.15) is 96.0 Å². The molecular formula is C26H38O2S. The molecule has 1 spiro atoms. The Morgan fingerprint density at radius 2 is 1.69 bits per heavy atom. The minimum Gasteiger partial charge on any atom is -0.223 e. The second kappa shape index (κ2) is 8.57. The number of sulfone groups is 1. The minimum absolute atomic E-state index is 0.267. The van der Waals surface area contributed by atoms with Crippen molar-refractivity contribution in [3.8, 4) is 0 Å². The Labute approximate surface area is 178 Å². The summed E-state index contributed by atoms with van der Waals surface area (Å²) in [5, 5.41) is -0.267. The minimum atomic E-state index is -3.31. The van der Waals surface area contributed by atoms with E-state index < -0.39 is 9.84 Å². The summed E-state index contributed by atoms with van der Waals surface area (Å²) in [5.74, 6) is 0.535. The van der Waals surface area contributed by atoms with Crippen LogP contribution in [0.5, 0.6) is 0 Å². The van der Waals surface area contributed by atoms with Gasteiger partial charge < -0.3 is 0 Å². The molecule has 0 heterocycles. The SMILES string of the molecule is CCCCCCC1=C2C(C1)CC1(CCCCC1)CC2S(=O)(=O)c1ccc(C)cc1. The van der Waals surface area contributed by atoms with E-state index in [1.807, 2.05) is 31.2 Å². The molecule has 0 N–H and O–H groups in total. The Morgan fingerprint density at radius 3 is 2.38 bits per heavy atom. The maximum atomic E-state index is 13.8. The fraction of sp³-hybridized carbons (Fsp3) is 0.692. The molecule has 160 valence electrons. The van der Waals surface area contributed by atoms with Crippen molar-refractivity contribution in [3.63, 3.8) is 0 Å². The topological polar surface area (TPSA) is 34.1 Å². The van der Waals surface area contributed by atoms with Gasteiger partial charge in [-0.05, 0) is 80.9 Å². The van der Waals surface area contributed by atoms with Gasteiger partial charge in [-0.1, -0.05) is 68.7 Å². The summed E-state index contributed by atoms with van der Waals surface area (Å²) in [6.07, 6.45) is 15.8. The second-order valence-corrected chi connectivity index (χ2v) is 12.2. The average Bonchev–Trinajstić information content (AvgIpc) is 2.69. The molecule has 2 saturated carbocycles. The van der Waals surface area contributed by atoms with Crippen molar-refractivity contribution in [3.05, 3.63) is 41.0 Å². The lowest BCUT2D eigenvalue weighted by atomic mass is 9.55. The first-order valence-electron chi connectivity index (χ1n) is 12.0. The van der Waals surface area contributed by atoms with Crippen molar-refractivity contribution >= 4 is 9.84 Å². The van der Waals surface area contributed by atoms with Gasteiger partial charge in [0.25, 0.3) is 0 Å². The van der Waals surface area contributed by atoms with Gasteiger partial charge in [0, 0.05) is 0 Å². The third kappa shape index (κ3) is 4.22. The monoisotopic (exact) mass is 414 g/mol. The number of hydrogen-bond donors (Lipinski definition) is 0. The predicted octanol–water partition coefficient (Wildman–Crippen LogP) is 7.17. The highest BCUT2D eigenvalue weighted by atomic mass is 32.2. The zero-order valence-corrected chi connectivity index (χ0v) is 19.2. The van der Waals surface area contributed by atoms with Crippen molar-refractivity contribution < 1.29 is 8.42 Å². The molecule has 2 nitrogen and oxygen atoms in total. The first-order valence-corrected chi connectivity index (χ1v) is 13.5. The number of fused-ring (bicyclic) bond motifs is 1. The Bertz CT molecular complexity index is 841. The van der Waals surface area contributed by atoms with Gasteiger partial charge in [-0.25, -0.2) is 8.42 Å². The van der Waals surface area contributed by atoms with Gasteiger partial charge in [0.05, 0.1) is 10.1 Å². The van der Waals surface area contributed by atoms with Gasteiger partial charge in [0.2, 0.25) is 0 Å². The van der Waals surface area contributed by atoms with Gasteiger partial charge in [-0.3, -0.25) is 0 Å². The number of aryl methyl sites for hydroxylation is 1. The third-order valence-corrected chi connectivity index (χ3v) is 10.1. The molecule has 2 fully saturated rings. The van der Waals surface area contributed by atoms with E-state index >= 15 is 0 Å². The largest absolute Gasteiger partial charge is 0.223 e. The van der Waals surface area contributed by atoms with E-state index in [0.29, 0.717) is 10.8 Å². The van der Waals surface area contributed by atoms with Crippen LogP contribution in [-0.2, 0) is 9.84 Å². The van der Waals surface area contributed by atoms with Crippen LogP contribution < -0.4 is 0 Å². The molecule has 4 rings (SSSR count). The molecule has 29 heavy (non-hydrogen) atoms. The molecule has 2 unspecified atom stereocenters. The van der Waals surface area contributed by atoms with Gasteiger partial charge in [0.1, 0.15) is 0 Å². The first-order chi connectivity index (χ1) is 14.0.